The lowest BCUT2D eigenvalue weighted by atomic mass is 10.2. The molecule has 19 heavy (non-hydrogen) atoms. The summed E-state index contributed by atoms with van der Waals surface area (Å²) in [5, 5.41) is 5.70. The van der Waals surface area contributed by atoms with Gasteiger partial charge in [0.05, 0.1) is 13.3 Å². The fraction of sp³-hybridized carbons (Fsp3) is 0.231. The molecular formula is C13H15FN4O. The lowest BCUT2D eigenvalue weighted by molar-refractivity contribution is 0.414. The van der Waals surface area contributed by atoms with E-state index >= 15 is 0 Å². The lowest BCUT2D eigenvalue weighted by Crippen LogP contribution is -2.06. The van der Waals surface area contributed by atoms with Crippen molar-refractivity contribution in [3.63, 3.8) is 0 Å². The Morgan fingerprint density at radius 2 is 2.00 bits per heavy atom. The summed E-state index contributed by atoms with van der Waals surface area (Å²) in [6, 6.07) is 7.52. The first-order valence-electron chi connectivity index (χ1n) is 5.80. The predicted molar refractivity (Wildman–Crippen MR) is 71.9 cm³/mol. The Hall–Kier alpha value is -2.37. The van der Waals surface area contributed by atoms with Crippen molar-refractivity contribution in [3.8, 4) is 5.75 Å². The van der Waals surface area contributed by atoms with E-state index in [1.165, 1.54) is 0 Å². The largest absolute Gasteiger partial charge is 0.497 e. The first-order chi connectivity index (χ1) is 9.22. The Morgan fingerprint density at radius 1 is 1.26 bits per heavy atom. The van der Waals surface area contributed by atoms with Gasteiger partial charge in [-0.3, -0.25) is 0 Å². The van der Waals surface area contributed by atoms with Gasteiger partial charge in [-0.25, -0.2) is 9.37 Å². The minimum absolute atomic E-state index is 0.176. The molecule has 6 heteroatoms. The van der Waals surface area contributed by atoms with Gasteiger partial charge >= 0.3 is 0 Å². The zero-order valence-electron chi connectivity index (χ0n) is 10.8. The lowest BCUT2D eigenvalue weighted by Gasteiger charge is -2.08. The summed E-state index contributed by atoms with van der Waals surface area (Å²) in [6.07, 6.45) is 1.13. The number of rotatable bonds is 5. The normalized spacial score (nSPS) is 10.1. The molecule has 1 aromatic heterocycles. The van der Waals surface area contributed by atoms with Crippen molar-refractivity contribution in [3.05, 3.63) is 41.8 Å². The summed E-state index contributed by atoms with van der Waals surface area (Å²) in [5.74, 6) is 0.857. The standard InChI is InChI=1S/C13H15FN4O/c1-15-13-17-8-11(14)12(18-13)16-7-9-3-5-10(19-2)6-4-9/h3-6,8H,7H2,1-2H3,(H2,15,16,17,18). The second kappa shape index (κ2) is 5.99. The van der Waals surface area contributed by atoms with Crippen LogP contribution < -0.4 is 15.4 Å². The monoisotopic (exact) mass is 262 g/mol. The summed E-state index contributed by atoms with van der Waals surface area (Å²) in [5.41, 5.74) is 1.00. The van der Waals surface area contributed by atoms with Gasteiger partial charge in [0, 0.05) is 13.6 Å². The number of methoxy groups -OCH3 is 1. The van der Waals surface area contributed by atoms with Crippen LogP contribution in [0.15, 0.2) is 30.5 Å². The Bertz CT molecular complexity index is 545. The second-order valence-corrected chi connectivity index (χ2v) is 3.84. The van der Waals surface area contributed by atoms with Crippen LogP contribution in [0.2, 0.25) is 0 Å². The summed E-state index contributed by atoms with van der Waals surface area (Å²) < 4.78 is 18.6. The van der Waals surface area contributed by atoms with Crippen molar-refractivity contribution in [2.45, 2.75) is 6.54 Å². The highest BCUT2D eigenvalue weighted by molar-refractivity contribution is 5.41. The molecule has 0 aliphatic heterocycles. The molecule has 0 spiro atoms. The van der Waals surface area contributed by atoms with Gasteiger partial charge in [-0.1, -0.05) is 12.1 Å². The highest BCUT2D eigenvalue weighted by Crippen LogP contribution is 2.15. The summed E-state index contributed by atoms with van der Waals surface area (Å²) in [6.45, 7) is 0.473. The van der Waals surface area contributed by atoms with Crippen LogP contribution in [0.5, 0.6) is 5.75 Å². The van der Waals surface area contributed by atoms with Crippen molar-refractivity contribution in [1.29, 1.82) is 0 Å². The van der Waals surface area contributed by atoms with E-state index in [0.717, 1.165) is 17.5 Å². The van der Waals surface area contributed by atoms with Crippen LogP contribution in [0, 0.1) is 5.82 Å². The molecule has 2 N–H and O–H groups in total. The van der Waals surface area contributed by atoms with Gasteiger partial charge in [0.15, 0.2) is 11.6 Å². The minimum Gasteiger partial charge on any atom is -0.497 e. The van der Waals surface area contributed by atoms with Gasteiger partial charge in [-0.05, 0) is 17.7 Å². The SMILES string of the molecule is CNc1ncc(F)c(NCc2ccc(OC)cc2)n1. The Balaban J connectivity index is 2.05. The molecule has 0 fully saturated rings. The number of benzene rings is 1. The smallest absolute Gasteiger partial charge is 0.224 e. The van der Waals surface area contributed by atoms with Crippen molar-refractivity contribution in [1.82, 2.24) is 9.97 Å². The topological polar surface area (TPSA) is 59.1 Å². The van der Waals surface area contributed by atoms with Crippen LogP contribution in [0.4, 0.5) is 16.2 Å². The minimum atomic E-state index is -0.479. The molecule has 0 aliphatic carbocycles. The average Bonchev–Trinajstić information content (AvgIpc) is 2.47. The summed E-state index contributed by atoms with van der Waals surface area (Å²) in [4.78, 5) is 7.79. The third-order valence-corrected chi connectivity index (χ3v) is 2.59. The molecule has 0 saturated carbocycles. The van der Waals surface area contributed by atoms with Gasteiger partial charge in [-0.2, -0.15) is 4.98 Å². The summed E-state index contributed by atoms with van der Waals surface area (Å²) >= 11 is 0. The fourth-order valence-electron chi connectivity index (χ4n) is 1.54. The molecule has 0 unspecified atom stereocenters. The van der Waals surface area contributed by atoms with Gasteiger partial charge in [0.2, 0.25) is 5.95 Å². The van der Waals surface area contributed by atoms with Crippen LogP contribution in [0.1, 0.15) is 5.56 Å². The van der Waals surface area contributed by atoms with Gasteiger partial charge in [0.25, 0.3) is 0 Å². The van der Waals surface area contributed by atoms with E-state index in [1.54, 1.807) is 14.2 Å². The van der Waals surface area contributed by atoms with Crippen LogP contribution in [0.3, 0.4) is 0 Å². The first-order valence-corrected chi connectivity index (χ1v) is 5.80. The third-order valence-electron chi connectivity index (χ3n) is 2.59. The van der Waals surface area contributed by atoms with Crippen LogP contribution in [-0.2, 0) is 6.54 Å². The van der Waals surface area contributed by atoms with Crippen molar-refractivity contribution < 1.29 is 9.13 Å². The number of nitrogens with one attached hydrogen (secondary N) is 2. The molecule has 2 rings (SSSR count). The Labute approximate surface area is 110 Å². The Morgan fingerprint density at radius 3 is 2.63 bits per heavy atom. The molecule has 5 nitrogen and oxygen atoms in total. The van der Waals surface area contributed by atoms with Crippen LogP contribution in [-0.4, -0.2) is 24.1 Å². The molecular weight excluding hydrogens is 247 g/mol. The summed E-state index contributed by atoms with van der Waals surface area (Å²) in [7, 11) is 3.29. The van der Waals surface area contributed by atoms with Gasteiger partial charge < -0.3 is 15.4 Å². The van der Waals surface area contributed by atoms with E-state index in [0.29, 0.717) is 12.5 Å². The van der Waals surface area contributed by atoms with E-state index < -0.39 is 5.82 Å². The Kier molecular flexibility index (Phi) is 4.12. The maximum absolute atomic E-state index is 13.5. The number of hydrogen-bond acceptors (Lipinski definition) is 5. The van der Waals surface area contributed by atoms with Crippen LogP contribution in [0.25, 0.3) is 0 Å². The molecule has 100 valence electrons. The maximum Gasteiger partial charge on any atom is 0.224 e. The van der Waals surface area contributed by atoms with Crippen molar-refractivity contribution in [2.75, 3.05) is 24.8 Å². The number of anilines is 2. The zero-order chi connectivity index (χ0) is 13.7. The first kappa shape index (κ1) is 13.1. The maximum atomic E-state index is 13.5. The molecule has 0 amide bonds. The van der Waals surface area contributed by atoms with E-state index in [4.69, 9.17) is 4.74 Å². The van der Waals surface area contributed by atoms with Crippen molar-refractivity contribution >= 4 is 11.8 Å². The fourth-order valence-corrected chi connectivity index (χ4v) is 1.54. The van der Waals surface area contributed by atoms with Crippen LogP contribution >= 0.6 is 0 Å². The molecule has 0 radical (unpaired) electrons. The zero-order valence-corrected chi connectivity index (χ0v) is 10.8. The number of nitrogens with zero attached hydrogens (tertiary/aromatic N) is 2. The molecule has 0 bridgehead atoms. The number of hydrogen-bond donors (Lipinski definition) is 2. The quantitative estimate of drug-likeness (QED) is 0.865. The van der Waals surface area contributed by atoms with E-state index in [1.807, 2.05) is 24.3 Å². The highest BCUT2D eigenvalue weighted by Gasteiger charge is 2.05. The van der Waals surface area contributed by atoms with E-state index in [9.17, 15) is 4.39 Å². The predicted octanol–water partition coefficient (Wildman–Crippen LogP) is 2.28. The molecule has 0 atom stereocenters. The number of aromatic nitrogens is 2. The third kappa shape index (κ3) is 3.31. The van der Waals surface area contributed by atoms with Gasteiger partial charge in [0.1, 0.15) is 5.75 Å². The molecule has 0 saturated heterocycles. The molecule has 0 aliphatic rings. The van der Waals surface area contributed by atoms with E-state index in [-0.39, 0.29) is 5.82 Å². The second-order valence-electron chi connectivity index (χ2n) is 3.84. The number of ether oxygens (including phenoxy) is 1. The average molecular weight is 262 g/mol. The molecule has 1 aromatic carbocycles. The van der Waals surface area contributed by atoms with E-state index in [2.05, 4.69) is 20.6 Å². The highest BCUT2D eigenvalue weighted by atomic mass is 19.1. The van der Waals surface area contributed by atoms with Crippen molar-refractivity contribution in [2.24, 2.45) is 0 Å². The molecule has 2 aromatic rings. The van der Waals surface area contributed by atoms with Gasteiger partial charge in [-0.15, -0.1) is 0 Å². The molecule has 1 heterocycles. The number of halogens is 1.